The second-order valence-corrected chi connectivity index (χ2v) is 5.30. The average molecular weight is 185 g/mol. The van der Waals surface area contributed by atoms with Crippen molar-refractivity contribution < 1.29 is 0 Å². The number of hydrogen-bond acceptors (Lipinski definition) is 1. The van der Waals surface area contributed by atoms with Gasteiger partial charge in [-0.05, 0) is 30.8 Å². The summed E-state index contributed by atoms with van der Waals surface area (Å²) in [5.41, 5.74) is 0.428. The Kier molecular flexibility index (Phi) is 5.62. The third kappa shape index (κ3) is 4.66. The van der Waals surface area contributed by atoms with Crippen molar-refractivity contribution in [2.45, 2.75) is 47.5 Å². The standard InChI is InChI=1S/C12H27N/c1-7-8-10(2)11(9-13-6)12(3,4)5/h10-11,13H,7-9H2,1-6H3. The molecule has 0 heterocycles. The van der Waals surface area contributed by atoms with Crippen LogP contribution in [0.25, 0.3) is 0 Å². The van der Waals surface area contributed by atoms with E-state index in [9.17, 15) is 0 Å². The molecule has 0 radical (unpaired) electrons. The summed E-state index contributed by atoms with van der Waals surface area (Å²) in [6, 6.07) is 0. The Bertz CT molecular complexity index is 124. The summed E-state index contributed by atoms with van der Waals surface area (Å²) in [5, 5.41) is 3.31. The Morgan fingerprint density at radius 1 is 1.23 bits per heavy atom. The molecule has 0 saturated heterocycles. The maximum Gasteiger partial charge on any atom is -0.00160 e. The molecule has 2 atom stereocenters. The van der Waals surface area contributed by atoms with Gasteiger partial charge in [-0.1, -0.05) is 47.5 Å². The van der Waals surface area contributed by atoms with Crippen LogP contribution < -0.4 is 5.32 Å². The fourth-order valence-corrected chi connectivity index (χ4v) is 2.24. The number of rotatable bonds is 5. The fraction of sp³-hybridized carbons (Fsp3) is 1.00. The van der Waals surface area contributed by atoms with Crippen LogP contribution in [0.1, 0.15) is 47.5 Å². The molecule has 0 fully saturated rings. The zero-order valence-electron chi connectivity index (χ0n) is 10.3. The first-order chi connectivity index (χ1) is 5.93. The summed E-state index contributed by atoms with van der Waals surface area (Å²) >= 11 is 0. The molecule has 0 rings (SSSR count). The molecule has 0 aliphatic rings. The summed E-state index contributed by atoms with van der Waals surface area (Å²) in [6.45, 7) is 12.8. The van der Waals surface area contributed by atoms with E-state index in [1.165, 1.54) is 12.8 Å². The van der Waals surface area contributed by atoms with Crippen molar-refractivity contribution in [1.29, 1.82) is 0 Å². The smallest absolute Gasteiger partial charge is 0.00160 e. The minimum atomic E-state index is 0.428. The molecule has 0 aromatic heterocycles. The normalized spacial score (nSPS) is 17.1. The van der Waals surface area contributed by atoms with E-state index in [1.807, 2.05) is 0 Å². The predicted octanol–water partition coefficient (Wildman–Crippen LogP) is 3.30. The molecular formula is C12H27N. The Labute approximate surface area is 84.3 Å². The van der Waals surface area contributed by atoms with Crippen molar-refractivity contribution in [2.75, 3.05) is 13.6 Å². The van der Waals surface area contributed by atoms with E-state index in [4.69, 9.17) is 0 Å². The highest BCUT2D eigenvalue weighted by Gasteiger charge is 2.28. The van der Waals surface area contributed by atoms with Crippen molar-refractivity contribution in [2.24, 2.45) is 17.3 Å². The van der Waals surface area contributed by atoms with Crippen LogP contribution in [0.15, 0.2) is 0 Å². The van der Waals surface area contributed by atoms with Gasteiger partial charge in [-0.25, -0.2) is 0 Å². The van der Waals surface area contributed by atoms with Gasteiger partial charge in [-0.15, -0.1) is 0 Å². The molecule has 0 bridgehead atoms. The molecule has 0 aromatic carbocycles. The van der Waals surface area contributed by atoms with E-state index in [-0.39, 0.29) is 0 Å². The van der Waals surface area contributed by atoms with Crippen LogP contribution in [-0.4, -0.2) is 13.6 Å². The van der Waals surface area contributed by atoms with Crippen molar-refractivity contribution >= 4 is 0 Å². The summed E-state index contributed by atoms with van der Waals surface area (Å²) in [4.78, 5) is 0. The topological polar surface area (TPSA) is 12.0 Å². The minimum Gasteiger partial charge on any atom is -0.319 e. The first-order valence-corrected chi connectivity index (χ1v) is 5.58. The van der Waals surface area contributed by atoms with Gasteiger partial charge in [0.1, 0.15) is 0 Å². The van der Waals surface area contributed by atoms with E-state index >= 15 is 0 Å². The number of nitrogens with one attached hydrogen (secondary N) is 1. The lowest BCUT2D eigenvalue weighted by molar-refractivity contribution is 0.159. The largest absolute Gasteiger partial charge is 0.319 e. The van der Waals surface area contributed by atoms with Crippen molar-refractivity contribution in [3.8, 4) is 0 Å². The zero-order valence-corrected chi connectivity index (χ0v) is 10.3. The van der Waals surface area contributed by atoms with Gasteiger partial charge in [-0.2, -0.15) is 0 Å². The Balaban J connectivity index is 4.23. The third-order valence-electron chi connectivity index (χ3n) is 2.97. The first kappa shape index (κ1) is 13.0. The molecule has 0 aliphatic carbocycles. The Morgan fingerprint density at radius 3 is 2.08 bits per heavy atom. The lowest BCUT2D eigenvalue weighted by Gasteiger charge is -2.35. The zero-order chi connectivity index (χ0) is 10.5. The van der Waals surface area contributed by atoms with Crippen molar-refractivity contribution in [3.05, 3.63) is 0 Å². The summed E-state index contributed by atoms with van der Waals surface area (Å²) in [5.74, 6) is 1.62. The van der Waals surface area contributed by atoms with Gasteiger partial charge in [0.15, 0.2) is 0 Å². The third-order valence-corrected chi connectivity index (χ3v) is 2.97. The molecule has 0 aromatic rings. The molecule has 1 N–H and O–H groups in total. The molecule has 80 valence electrons. The maximum absolute atomic E-state index is 3.31. The lowest BCUT2D eigenvalue weighted by Crippen LogP contribution is -2.34. The van der Waals surface area contributed by atoms with Gasteiger partial charge in [0.2, 0.25) is 0 Å². The van der Waals surface area contributed by atoms with Crippen LogP contribution in [-0.2, 0) is 0 Å². The Hall–Kier alpha value is -0.0400. The minimum absolute atomic E-state index is 0.428. The molecule has 0 saturated carbocycles. The SMILES string of the molecule is CCCC(C)C(CNC)C(C)(C)C. The second-order valence-electron chi connectivity index (χ2n) is 5.30. The van der Waals surface area contributed by atoms with Crippen LogP contribution in [0.2, 0.25) is 0 Å². The molecule has 1 nitrogen and oxygen atoms in total. The van der Waals surface area contributed by atoms with Gasteiger partial charge in [0, 0.05) is 0 Å². The number of hydrogen-bond donors (Lipinski definition) is 1. The van der Waals surface area contributed by atoms with Gasteiger partial charge in [0.05, 0.1) is 0 Å². The van der Waals surface area contributed by atoms with Crippen LogP contribution in [0.4, 0.5) is 0 Å². The quantitative estimate of drug-likeness (QED) is 0.693. The van der Waals surface area contributed by atoms with Gasteiger partial charge < -0.3 is 5.32 Å². The van der Waals surface area contributed by atoms with Gasteiger partial charge >= 0.3 is 0 Å². The predicted molar refractivity (Wildman–Crippen MR) is 60.9 cm³/mol. The molecule has 0 aliphatic heterocycles. The monoisotopic (exact) mass is 185 g/mol. The van der Waals surface area contributed by atoms with Gasteiger partial charge in [0.25, 0.3) is 0 Å². The first-order valence-electron chi connectivity index (χ1n) is 5.58. The highest BCUT2D eigenvalue weighted by molar-refractivity contribution is 4.79. The maximum atomic E-state index is 3.31. The molecule has 13 heavy (non-hydrogen) atoms. The second kappa shape index (κ2) is 5.64. The average Bonchev–Trinajstić information content (AvgIpc) is 1.98. The van der Waals surface area contributed by atoms with E-state index in [0.717, 1.165) is 18.4 Å². The summed E-state index contributed by atoms with van der Waals surface area (Å²) < 4.78 is 0. The van der Waals surface area contributed by atoms with Crippen LogP contribution in [0, 0.1) is 17.3 Å². The van der Waals surface area contributed by atoms with Crippen LogP contribution >= 0.6 is 0 Å². The van der Waals surface area contributed by atoms with Crippen molar-refractivity contribution in [1.82, 2.24) is 5.32 Å². The molecule has 0 spiro atoms. The van der Waals surface area contributed by atoms with E-state index in [1.54, 1.807) is 0 Å². The van der Waals surface area contributed by atoms with E-state index < -0.39 is 0 Å². The Morgan fingerprint density at radius 2 is 1.77 bits per heavy atom. The summed E-state index contributed by atoms with van der Waals surface area (Å²) in [7, 11) is 2.05. The highest BCUT2D eigenvalue weighted by Crippen LogP contribution is 2.33. The summed E-state index contributed by atoms with van der Waals surface area (Å²) in [6.07, 6.45) is 2.65. The highest BCUT2D eigenvalue weighted by atomic mass is 14.8. The molecule has 0 amide bonds. The molecular weight excluding hydrogens is 158 g/mol. The fourth-order valence-electron chi connectivity index (χ4n) is 2.24. The van der Waals surface area contributed by atoms with E-state index in [2.05, 4.69) is 47.0 Å². The van der Waals surface area contributed by atoms with Crippen LogP contribution in [0.3, 0.4) is 0 Å². The van der Waals surface area contributed by atoms with Gasteiger partial charge in [-0.3, -0.25) is 0 Å². The van der Waals surface area contributed by atoms with E-state index in [0.29, 0.717) is 5.41 Å². The molecule has 2 unspecified atom stereocenters. The molecule has 1 heteroatoms. The van der Waals surface area contributed by atoms with Crippen molar-refractivity contribution in [3.63, 3.8) is 0 Å². The van der Waals surface area contributed by atoms with Crippen LogP contribution in [0.5, 0.6) is 0 Å². The lowest BCUT2D eigenvalue weighted by atomic mass is 9.72.